The van der Waals surface area contributed by atoms with Crippen molar-refractivity contribution in [2.75, 3.05) is 6.61 Å². The molecule has 2 spiro atoms. The first-order chi connectivity index (χ1) is 15.8. The van der Waals surface area contributed by atoms with E-state index in [0.29, 0.717) is 22.3 Å². The topological polar surface area (TPSA) is 47.6 Å². The predicted molar refractivity (Wildman–Crippen MR) is 130 cm³/mol. The molecule has 7 aliphatic rings. The highest BCUT2D eigenvalue weighted by Gasteiger charge is 2.80. The van der Waals surface area contributed by atoms with Crippen LogP contribution in [0.2, 0.25) is 0 Å². The van der Waals surface area contributed by atoms with Gasteiger partial charge in [0.2, 0.25) is 0 Å². The van der Waals surface area contributed by atoms with Gasteiger partial charge in [-0.1, -0.05) is 20.8 Å². The minimum absolute atomic E-state index is 0. The van der Waals surface area contributed by atoms with Crippen LogP contribution in [0.1, 0.15) is 106 Å². The summed E-state index contributed by atoms with van der Waals surface area (Å²) in [4.78, 5) is 12.6. The highest BCUT2D eigenvalue weighted by Crippen LogP contribution is 2.87. The molecule has 6 aliphatic carbocycles. The number of hydrogen-bond donors (Lipinski definition) is 1. The normalized spacial score (nSPS) is 53.9. The van der Waals surface area contributed by atoms with Gasteiger partial charge in [-0.05, 0) is 129 Å². The minimum Gasteiger partial charge on any atom is -0.446 e. The lowest BCUT2D eigenvalue weighted by atomic mass is 9.46. The van der Waals surface area contributed by atoms with Crippen molar-refractivity contribution in [3.63, 3.8) is 0 Å². The van der Waals surface area contributed by atoms with Crippen molar-refractivity contribution in [2.45, 2.75) is 122 Å². The van der Waals surface area contributed by atoms with E-state index >= 15 is 0 Å². The van der Waals surface area contributed by atoms with Crippen molar-refractivity contribution < 1.29 is 15.7 Å². The summed E-state index contributed by atoms with van der Waals surface area (Å²) in [7, 11) is 0. The molecule has 4 nitrogen and oxygen atoms in total. The van der Waals surface area contributed by atoms with Crippen LogP contribution in [-0.4, -0.2) is 30.9 Å². The number of fused-ring (bicyclic) bond motifs is 4. The second-order valence-corrected chi connectivity index (χ2v) is 14.2. The molecule has 186 valence electrons. The first-order valence-corrected chi connectivity index (χ1v) is 14.4. The number of hydrogen-bond acceptors (Lipinski definition) is 3. The van der Waals surface area contributed by atoms with Crippen molar-refractivity contribution in [1.29, 1.82) is 0 Å². The van der Waals surface area contributed by atoms with E-state index in [-0.39, 0.29) is 25.1 Å². The summed E-state index contributed by atoms with van der Waals surface area (Å²) in [6.07, 6.45) is 17.5. The summed E-state index contributed by atoms with van der Waals surface area (Å²) < 4.78 is 12.0. The molecule has 1 amide bonds. The fraction of sp³-hybridized carbons (Fsp3) is 0.966. The summed E-state index contributed by atoms with van der Waals surface area (Å²) >= 11 is 0. The Morgan fingerprint density at radius 1 is 0.909 bits per heavy atom. The quantitative estimate of drug-likeness (QED) is 0.501. The maximum Gasteiger partial charge on any atom is 0.407 e. The fourth-order valence-corrected chi connectivity index (χ4v) is 11.3. The van der Waals surface area contributed by atoms with Gasteiger partial charge in [0.05, 0.1) is 6.10 Å². The molecule has 1 aliphatic heterocycles. The second kappa shape index (κ2) is 6.92. The maximum absolute atomic E-state index is 12.6. The van der Waals surface area contributed by atoms with E-state index < -0.39 is 0 Å². The van der Waals surface area contributed by atoms with Gasteiger partial charge in [0, 0.05) is 14.1 Å². The summed E-state index contributed by atoms with van der Waals surface area (Å²) in [5.74, 6) is 3.37. The molecule has 1 saturated heterocycles. The van der Waals surface area contributed by atoms with Crippen molar-refractivity contribution in [3.8, 4) is 0 Å². The molecule has 4 heteroatoms. The van der Waals surface area contributed by atoms with E-state index in [9.17, 15) is 4.79 Å². The molecule has 0 aromatic carbocycles. The monoisotopic (exact) mass is 457 g/mol. The van der Waals surface area contributed by atoms with Crippen molar-refractivity contribution in [2.24, 2.45) is 45.3 Å². The molecule has 9 atom stereocenters. The number of carbonyl (C=O) groups is 1. The van der Waals surface area contributed by atoms with Crippen molar-refractivity contribution >= 4 is 6.09 Å². The van der Waals surface area contributed by atoms with Gasteiger partial charge in [-0.15, -0.1) is 0 Å². The number of amides is 1. The maximum atomic E-state index is 12.6. The lowest BCUT2D eigenvalue weighted by Crippen LogP contribution is -2.58. The Balaban J connectivity index is 0.00000217. The smallest absolute Gasteiger partial charge is 0.407 e. The molecule has 0 aromatic heterocycles. The van der Waals surface area contributed by atoms with Crippen LogP contribution in [0.4, 0.5) is 4.79 Å². The van der Waals surface area contributed by atoms with Gasteiger partial charge in [-0.3, -0.25) is 0 Å². The van der Waals surface area contributed by atoms with E-state index in [1.807, 2.05) is 0 Å². The highest BCUT2D eigenvalue weighted by molar-refractivity contribution is 5.68. The Kier molecular flexibility index (Phi) is 4.51. The number of alkyl carbamates (subject to hydrolysis) is 1. The molecule has 0 radical (unpaired) electrons. The molecular formula is C29H47NO3. The van der Waals surface area contributed by atoms with Crippen LogP contribution in [0.15, 0.2) is 0 Å². The number of ether oxygens (including phenoxy) is 2. The molecule has 7 rings (SSSR count). The number of carbonyl (C=O) groups excluding carboxylic acids is 1. The molecule has 6 saturated carbocycles. The SMILES string of the molecule is CC12CC[C@@]34C[C@@]35CC[C@H](NC(=O)OC3CCC3)C(C)(C)C5CCC4C1C[C@H]1OCCCC12.[HH]. The third-order valence-corrected chi connectivity index (χ3v) is 13.1. The van der Waals surface area contributed by atoms with Crippen LogP contribution in [0, 0.1) is 45.3 Å². The first-order valence-electron chi connectivity index (χ1n) is 14.4. The van der Waals surface area contributed by atoms with E-state index in [1.54, 1.807) is 0 Å². The van der Waals surface area contributed by atoms with E-state index in [2.05, 4.69) is 26.1 Å². The minimum atomic E-state index is -0.157. The lowest BCUT2D eigenvalue weighted by Gasteiger charge is -2.59. The molecule has 7 fully saturated rings. The second-order valence-electron chi connectivity index (χ2n) is 14.2. The largest absolute Gasteiger partial charge is 0.446 e. The van der Waals surface area contributed by atoms with Gasteiger partial charge < -0.3 is 14.8 Å². The molecule has 33 heavy (non-hydrogen) atoms. The standard InChI is InChI=1S/C29H45NO3.H2/c1-26(2)23-10-9-19-21-16-22-20(8-5-15-32-22)27(21,3)13-14-28(19)17-29(23,28)12-11-24(26)30-25(31)33-18-6-4-7-18;/h18-24H,4-17H2,1-3H3,(H,30,31);1H/t19?,20?,21?,22-,23?,24+,27?,28+,29-;/m1./s1. The zero-order valence-corrected chi connectivity index (χ0v) is 21.2. The summed E-state index contributed by atoms with van der Waals surface area (Å²) in [6.45, 7) is 8.58. The third kappa shape index (κ3) is 2.71. The molecular weight excluding hydrogens is 410 g/mol. The first kappa shape index (κ1) is 21.5. The van der Waals surface area contributed by atoms with Crippen molar-refractivity contribution in [1.82, 2.24) is 5.32 Å². The predicted octanol–water partition coefficient (Wildman–Crippen LogP) is 6.72. The van der Waals surface area contributed by atoms with Crippen LogP contribution in [-0.2, 0) is 9.47 Å². The van der Waals surface area contributed by atoms with E-state index in [1.165, 1.54) is 64.2 Å². The molecule has 0 aromatic rings. The van der Waals surface area contributed by atoms with Gasteiger partial charge in [0.25, 0.3) is 0 Å². The van der Waals surface area contributed by atoms with Crippen LogP contribution >= 0.6 is 0 Å². The van der Waals surface area contributed by atoms with E-state index in [0.717, 1.165) is 49.5 Å². The van der Waals surface area contributed by atoms with Crippen LogP contribution < -0.4 is 5.32 Å². The van der Waals surface area contributed by atoms with Crippen LogP contribution in [0.25, 0.3) is 0 Å². The summed E-state index contributed by atoms with van der Waals surface area (Å²) in [5.41, 5.74) is 1.82. The fourth-order valence-electron chi connectivity index (χ4n) is 11.3. The van der Waals surface area contributed by atoms with Gasteiger partial charge in [-0.25, -0.2) is 4.79 Å². The molecule has 1 heterocycles. The van der Waals surface area contributed by atoms with Crippen molar-refractivity contribution in [3.05, 3.63) is 0 Å². The highest BCUT2D eigenvalue weighted by atomic mass is 16.6. The molecule has 1 N–H and O–H groups in total. The Labute approximate surface area is 201 Å². The summed E-state index contributed by atoms with van der Waals surface area (Å²) in [5, 5.41) is 3.35. The Morgan fingerprint density at radius 2 is 1.76 bits per heavy atom. The summed E-state index contributed by atoms with van der Waals surface area (Å²) in [6, 6.07) is 0.256. The number of rotatable bonds is 2. The van der Waals surface area contributed by atoms with Gasteiger partial charge in [0.15, 0.2) is 0 Å². The molecule has 0 bridgehead atoms. The average Bonchev–Trinajstić information content (AvgIpc) is 3.33. The molecule has 5 unspecified atom stereocenters. The number of nitrogens with one attached hydrogen (secondary N) is 1. The van der Waals surface area contributed by atoms with Crippen LogP contribution in [0.3, 0.4) is 0 Å². The Hall–Kier alpha value is -0.770. The van der Waals surface area contributed by atoms with E-state index in [4.69, 9.17) is 9.47 Å². The zero-order valence-electron chi connectivity index (χ0n) is 21.2. The zero-order chi connectivity index (χ0) is 22.6. The third-order valence-electron chi connectivity index (χ3n) is 13.1. The van der Waals surface area contributed by atoms with Gasteiger partial charge >= 0.3 is 6.09 Å². The lowest BCUT2D eigenvalue weighted by molar-refractivity contribution is -0.105. The van der Waals surface area contributed by atoms with Gasteiger partial charge in [-0.2, -0.15) is 0 Å². The average molecular weight is 458 g/mol. The van der Waals surface area contributed by atoms with Gasteiger partial charge in [0.1, 0.15) is 6.10 Å². The Morgan fingerprint density at radius 3 is 2.55 bits per heavy atom. The Bertz CT molecular complexity index is 843. The van der Waals surface area contributed by atoms with Crippen LogP contribution in [0.5, 0.6) is 0 Å².